The van der Waals surface area contributed by atoms with Crippen LogP contribution in [0.15, 0.2) is 6.33 Å². The van der Waals surface area contributed by atoms with Crippen molar-refractivity contribution in [2.75, 3.05) is 13.7 Å². The molecule has 2 unspecified atom stereocenters. The SMILES string of the molecule is COC(=O)C1CC2Cc3nc[nH]c3CN2C1. The number of aromatic amines is 1. The van der Waals surface area contributed by atoms with Gasteiger partial charge in [0, 0.05) is 25.6 Å². The Hall–Kier alpha value is -1.36. The first-order chi connectivity index (χ1) is 7.78. The first-order valence-electron chi connectivity index (χ1n) is 5.61. The van der Waals surface area contributed by atoms with E-state index >= 15 is 0 Å². The minimum Gasteiger partial charge on any atom is -0.469 e. The number of fused-ring (bicyclic) bond motifs is 2. The number of imidazole rings is 1. The van der Waals surface area contributed by atoms with E-state index < -0.39 is 0 Å². The van der Waals surface area contributed by atoms with Crippen molar-refractivity contribution in [2.45, 2.75) is 25.4 Å². The number of hydrogen-bond acceptors (Lipinski definition) is 4. The van der Waals surface area contributed by atoms with Crippen LogP contribution in [0.2, 0.25) is 0 Å². The van der Waals surface area contributed by atoms with Crippen molar-refractivity contribution >= 4 is 5.97 Å². The Morgan fingerprint density at radius 2 is 2.56 bits per heavy atom. The van der Waals surface area contributed by atoms with E-state index in [1.54, 1.807) is 6.33 Å². The van der Waals surface area contributed by atoms with E-state index in [2.05, 4.69) is 14.9 Å². The summed E-state index contributed by atoms with van der Waals surface area (Å²) in [6.45, 7) is 1.70. The number of methoxy groups -OCH3 is 1. The number of H-pyrrole nitrogens is 1. The Morgan fingerprint density at radius 1 is 1.69 bits per heavy atom. The third-order valence-corrected chi connectivity index (χ3v) is 3.66. The maximum absolute atomic E-state index is 11.5. The fourth-order valence-electron chi connectivity index (χ4n) is 2.82. The van der Waals surface area contributed by atoms with Crippen LogP contribution in [0.5, 0.6) is 0 Å². The second kappa shape index (κ2) is 3.59. The number of nitrogens with one attached hydrogen (secondary N) is 1. The molecule has 2 atom stereocenters. The summed E-state index contributed by atoms with van der Waals surface area (Å²) < 4.78 is 4.81. The average molecular weight is 221 g/mol. The lowest BCUT2D eigenvalue weighted by Gasteiger charge is -2.28. The quantitative estimate of drug-likeness (QED) is 0.694. The predicted molar refractivity (Wildman–Crippen MR) is 56.6 cm³/mol. The van der Waals surface area contributed by atoms with E-state index in [9.17, 15) is 4.79 Å². The molecule has 3 rings (SSSR count). The summed E-state index contributed by atoms with van der Waals surface area (Å²) in [4.78, 5) is 21.3. The smallest absolute Gasteiger partial charge is 0.310 e. The molecule has 0 radical (unpaired) electrons. The summed E-state index contributed by atoms with van der Waals surface area (Å²) in [6, 6.07) is 0.458. The lowest BCUT2D eigenvalue weighted by Crippen LogP contribution is -2.35. The van der Waals surface area contributed by atoms with E-state index in [4.69, 9.17) is 4.74 Å². The van der Waals surface area contributed by atoms with E-state index in [1.165, 1.54) is 12.8 Å². The number of carbonyl (C=O) groups is 1. The molecule has 1 aromatic heterocycles. The van der Waals surface area contributed by atoms with Gasteiger partial charge in [-0.15, -0.1) is 0 Å². The minimum absolute atomic E-state index is 0.0407. The van der Waals surface area contributed by atoms with Crippen LogP contribution in [-0.2, 0) is 22.5 Å². The molecule has 0 aromatic carbocycles. The molecule has 86 valence electrons. The number of hydrogen-bond donors (Lipinski definition) is 1. The van der Waals surface area contributed by atoms with Crippen LogP contribution >= 0.6 is 0 Å². The summed E-state index contributed by atoms with van der Waals surface area (Å²) in [5.74, 6) is -0.0370. The maximum atomic E-state index is 11.5. The largest absolute Gasteiger partial charge is 0.469 e. The van der Waals surface area contributed by atoms with Crippen LogP contribution in [0.25, 0.3) is 0 Å². The summed E-state index contributed by atoms with van der Waals surface area (Å²) in [5, 5.41) is 0. The van der Waals surface area contributed by atoms with Gasteiger partial charge in [-0.1, -0.05) is 0 Å². The third-order valence-electron chi connectivity index (χ3n) is 3.66. The molecule has 3 heterocycles. The van der Waals surface area contributed by atoms with Crippen molar-refractivity contribution in [3.8, 4) is 0 Å². The molecule has 0 amide bonds. The molecule has 16 heavy (non-hydrogen) atoms. The van der Waals surface area contributed by atoms with Crippen molar-refractivity contribution in [1.82, 2.24) is 14.9 Å². The summed E-state index contributed by atoms with van der Waals surface area (Å²) in [6.07, 6.45) is 3.61. The number of esters is 1. The van der Waals surface area contributed by atoms with Crippen LogP contribution in [0, 0.1) is 5.92 Å². The zero-order valence-electron chi connectivity index (χ0n) is 9.27. The second-order valence-electron chi connectivity index (χ2n) is 4.57. The van der Waals surface area contributed by atoms with Gasteiger partial charge in [-0.25, -0.2) is 4.98 Å². The van der Waals surface area contributed by atoms with Gasteiger partial charge in [0.05, 0.1) is 30.7 Å². The zero-order chi connectivity index (χ0) is 11.1. The average Bonchev–Trinajstić information content (AvgIpc) is 2.89. The molecule has 2 aliphatic heterocycles. The molecular weight excluding hydrogens is 206 g/mol. The number of aromatic nitrogens is 2. The van der Waals surface area contributed by atoms with Gasteiger partial charge in [-0.05, 0) is 6.42 Å². The highest BCUT2D eigenvalue weighted by atomic mass is 16.5. The molecular formula is C11H15N3O2. The van der Waals surface area contributed by atoms with E-state index in [0.29, 0.717) is 6.04 Å². The monoisotopic (exact) mass is 221 g/mol. The molecule has 5 heteroatoms. The first kappa shape index (κ1) is 9.84. The summed E-state index contributed by atoms with van der Waals surface area (Å²) in [5.41, 5.74) is 2.36. The van der Waals surface area contributed by atoms with Crippen LogP contribution in [0.4, 0.5) is 0 Å². The summed E-state index contributed by atoms with van der Waals surface area (Å²) in [7, 11) is 1.46. The Kier molecular flexibility index (Phi) is 2.21. The van der Waals surface area contributed by atoms with Gasteiger partial charge < -0.3 is 9.72 Å². The van der Waals surface area contributed by atoms with Gasteiger partial charge in [-0.3, -0.25) is 9.69 Å². The number of ether oxygens (including phenoxy) is 1. The molecule has 1 N–H and O–H groups in total. The number of carbonyl (C=O) groups excluding carboxylic acids is 1. The predicted octanol–water partition coefficient (Wildman–Crippen LogP) is 0.329. The second-order valence-corrected chi connectivity index (χ2v) is 4.57. The molecule has 5 nitrogen and oxygen atoms in total. The van der Waals surface area contributed by atoms with Gasteiger partial charge in [0.25, 0.3) is 0 Å². The normalized spacial score (nSPS) is 28.6. The minimum atomic E-state index is -0.0778. The Labute approximate surface area is 93.8 Å². The zero-order valence-corrected chi connectivity index (χ0v) is 9.27. The van der Waals surface area contributed by atoms with Crippen LogP contribution < -0.4 is 0 Å². The topological polar surface area (TPSA) is 58.2 Å². The molecule has 0 saturated carbocycles. The van der Waals surface area contributed by atoms with Gasteiger partial charge >= 0.3 is 5.97 Å². The fourth-order valence-corrected chi connectivity index (χ4v) is 2.82. The van der Waals surface area contributed by atoms with E-state index in [-0.39, 0.29) is 11.9 Å². The van der Waals surface area contributed by atoms with Gasteiger partial charge in [0.1, 0.15) is 0 Å². The van der Waals surface area contributed by atoms with Crippen molar-refractivity contribution in [3.05, 3.63) is 17.7 Å². The molecule has 1 aromatic rings. The van der Waals surface area contributed by atoms with E-state index in [0.717, 1.165) is 31.6 Å². The maximum Gasteiger partial charge on any atom is 0.310 e. The molecule has 0 bridgehead atoms. The molecule has 2 aliphatic rings. The highest BCUT2D eigenvalue weighted by Gasteiger charge is 2.39. The number of rotatable bonds is 1. The molecule has 1 saturated heterocycles. The van der Waals surface area contributed by atoms with Crippen molar-refractivity contribution in [3.63, 3.8) is 0 Å². The van der Waals surface area contributed by atoms with Crippen molar-refractivity contribution in [1.29, 1.82) is 0 Å². The highest BCUT2D eigenvalue weighted by molar-refractivity contribution is 5.73. The Morgan fingerprint density at radius 3 is 3.38 bits per heavy atom. The Balaban J connectivity index is 1.76. The van der Waals surface area contributed by atoms with Crippen LogP contribution in [0.1, 0.15) is 17.8 Å². The first-order valence-corrected chi connectivity index (χ1v) is 5.61. The lowest BCUT2D eigenvalue weighted by molar-refractivity contribution is -0.144. The van der Waals surface area contributed by atoms with Crippen LogP contribution in [-0.4, -0.2) is 40.5 Å². The van der Waals surface area contributed by atoms with Gasteiger partial charge in [0.2, 0.25) is 0 Å². The molecule has 1 fully saturated rings. The third kappa shape index (κ3) is 1.43. The van der Waals surface area contributed by atoms with Crippen molar-refractivity contribution in [2.24, 2.45) is 5.92 Å². The van der Waals surface area contributed by atoms with Gasteiger partial charge in [-0.2, -0.15) is 0 Å². The van der Waals surface area contributed by atoms with Crippen LogP contribution in [0.3, 0.4) is 0 Å². The number of nitrogens with zero attached hydrogens (tertiary/aromatic N) is 2. The fraction of sp³-hybridized carbons (Fsp3) is 0.636. The summed E-state index contributed by atoms with van der Waals surface area (Å²) >= 11 is 0. The lowest BCUT2D eigenvalue weighted by atomic mass is 10.00. The highest BCUT2D eigenvalue weighted by Crippen LogP contribution is 2.32. The molecule has 0 aliphatic carbocycles. The van der Waals surface area contributed by atoms with E-state index in [1.807, 2.05) is 0 Å². The van der Waals surface area contributed by atoms with Crippen molar-refractivity contribution < 1.29 is 9.53 Å². The Bertz CT molecular complexity index is 387. The standard InChI is InChI=1S/C11H15N3O2/c1-16-11(15)7-2-8-3-9-10(13-6-12-9)5-14(8)4-7/h6-8H,2-5H2,1H3,(H,12,13). The van der Waals surface area contributed by atoms with Gasteiger partial charge in [0.15, 0.2) is 0 Å². The molecule has 0 spiro atoms.